The summed E-state index contributed by atoms with van der Waals surface area (Å²) in [4.78, 5) is 12.2. The van der Waals surface area contributed by atoms with Crippen LogP contribution in [0.4, 0.5) is 4.39 Å². The minimum atomic E-state index is -0.908. The van der Waals surface area contributed by atoms with Crippen molar-refractivity contribution in [3.63, 3.8) is 0 Å². The average Bonchev–Trinajstić information content (AvgIpc) is 2.97. The molecular weight excluding hydrogens is 305 g/mol. The number of furan rings is 1. The smallest absolute Gasteiger partial charge is 0.287 e. The van der Waals surface area contributed by atoms with Crippen molar-refractivity contribution >= 4 is 16.7 Å². The number of nitrogens with one attached hydrogen (secondary N) is 1. The number of amides is 1. The molecule has 22 heavy (non-hydrogen) atoms. The highest BCUT2D eigenvalue weighted by molar-refractivity contribution is 7.84. The van der Waals surface area contributed by atoms with Crippen LogP contribution >= 0.6 is 0 Å². The molecule has 0 aliphatic rings. The van der Waals surface area contributed by atoms with Gasteiger partial charge >= 0.3 is 0 Å². The molecule has 0 spiro atoms. The Morgan fingerprint density at radius 2 is 2.00 bits per heavy atom. The third-order valence-electron chi connectivity index (χ3n) is 3.43. The highest BCUT2D eigenvalue weighted by Gasteiger charge is 2.17. The summed E-state index contributed by atoms with van der Waals surface area (Å²) >= 11 is 0. The van der Waals surface area contributed by atoms with Crippen LogP contribution in [-0.4, -0.2) is 28.2 Å². The second-order valence-corrected chi connectivity index (χ2v) is 6.83. The Bertz CT molecular complexity index is 666. The van der Waals surface area contributed by atoms with Crippen molar-refractivity contribution in [1.29, 1.82) is 0 Å². The molecule has 0 saturated heterocycles. The Kier molecular flexibility index (Phi) is 5.49. The SMILES string of the molecule is CC(CCNC(=O)c1occc1-c1ccc(F)cc1)S(C)=O. The molecule has 1 aromatic heterocycles. The van der Waals surface area contributed by atoms with E-state index in [0.29, 0.717) is 24.1 Å². The molecule has 0 aliphatic heterocycles. The van der Waals surface area contributed by atoms with Crippen LogP contribution in [0.15, 0.2) is 41.0 Å². The summed E-state index contributed by atoms with van der Waals surface area (Å²) in [5, 5.41) is 2.77. The topological polar surface area (TPSA) is 59.3 Å². The molecule has 6 heteroatoms. The molecule has 2 aromatic rings. The van der Waals surface area contributed by atoms with Gasteiger partial charge < -0.3 is 9.73 Å². The summed E-state index contributed by atoms with van der Waals surface area (Å²) in [6, 6.07) is 7.54. The standard InChI is InChI=1S/C16H18FNO3S/c1-11(22(2)20)7-9-18-16(19)15-14(8-10-21-15)12-3-5-13(17)6-4-12/h3-6,8,10-11H,7,9H2,1-2H3,(H,18,19). The minimum Gasteiger partial charge on any atom is -0.459 e. The van der Waals surface area contributed by atoms with Gasteiger partial charge in [0.15, 0.2) is 5.76 Å². The molecule has 4 nitrogen and oxygen atoms in total. The lowest BCUT2D eigenvalue weighted by Gasteiger charge is -2.09. The summed E-state index contributed by atoms with van der Waals surface area (Å²) in [5.41, 5.74) is 1.33. The fourth-order valence-electron chi connectivity index (χ4n) is 1.98. The van der Waals surface area contributed by atoms with Crippen molar-refractivity contribution in [1.82, 2.24) is 5.32 Å². The summed E-state index contributed by atoms with van der Waals surface area (Å²) in [6.07, 6.45) is 3.70. The third kappa shape index (κ3) is 4.04. The summed E-state index contributed by atoms with van der Waals surface area (Å²) in [6.45, 7) is 2.29. The molecule has 0 aliphatic carbocycles. The molecule has 0 saturated carbocycles. The molecule has 2 unspecified atom stereocenters. The van der Waals surface area contributed by atoms with E-state index in [9.17, 15) is 13.4 Å². The van der Waals surface area contributed by atoms with E-state index in [2.05, 4.69) is 5.32 Å². The first-order chi connectivity index (χ1) is 10.5. The molecule has 1 aromatic carbocycles. The van der Waals surface area contributed by atoms with E-state index in [1.54, 1.807) is 24.5 Å². The highest BCUT2D eigenvalue weighted by atomic mass is 32.2. The van der Waals surface area contributed by atoms with E-state index in [0.717, 1.165) is 0 Å². The van der Waals surface area contributed by atoms with E-state index >= 15 is 0 Å². The Morgan fingerprint density at radius 3 is 2.64 bits per heavy atom. The number of rotatable bonds is 6. The molecule has 1 heterocycles. The van der Waals surface area contributed by atoms with Crippen molar-refractivity contribution in [3.05, 3.63) is 48.2 Å². The Labute approximate surface area is 131 Å². The maximum Gasteiger partial charge on any atom is 0.287 e. The fraction of sp³-hybridized carbons (Fsp3) is 0.312. The lowest BCUT2D eigenvalue weighted by molar-refractivity contribution is 0.0926. The predicted octanol–water partition coefficient (Wildman–Crippen LogP) is 2.97. The normalized spacial score (nSPS) is 13.6. The lowest BCUT2D eigenvalue weighted by Crippen LogP contribution is -2.27. The Morgan fingerprint density at radius 1 is 1.32 bits per heavy atom. The zero-order valence-corrected chi connectivity index (χ0v) is 13.3. The van der Waals surface area contributed by atoms with Crippen LogP contribution in [0.5, 0.6) is 0 Å². The van der Waals surface area contributed by atoms with Crippen LogP contribution in [0.3, 0.4) is 0 Å². The van der Waals surface area contributed by atoms with Gasteiger partial charge in [0.2, 0.25) is 0 Å². The van der Waals surface area contributed by atoms with Crippen molar-refractivity contribution in [2.24, 2.45) is 0 Å². The molecule has 1 amide bonds. The first kappa shape index (κ1) is 16.4. The van der Waals surface area contributed by atoms with Gasteiger partial charge in [-0.15, -0.1) is 0 Å². The van der Waals surface area contributed by atoms with E-state index < -0.39 is 10.8 Å². The lowest BCUT2D eigenvalue weighted by atomic mass is 10.1. The number of carbonyl (C=O) groups is 1. The zero-order chi connectivity index (χ0) is 16.1. The Hall–Kier alpha value is -1.95. The van der Waals surface area contributed by atoms with Crippen LogP contribution < -0.4 is 5.32 Å². The van der Waals surface area contributed by atoms with Crippen LogP contribution in [-0.2, 0) is 10.8 Å². The van der Waals surface area contributed by atoms with Gasteiger partial charge in [0.1, 0.15) is 5.82 Å². The molecule has 0 radical (unpaired) electrons. The van der Waals surface area contributed by atoms with Crippen LogP contribution in [0.25, 0.3) is 11.1 Å². The van der Waals surface area contributed by atoms with E-state index in [-0.39, 0.29) is 22.7 Å². The fourth-order valence-corrected chi connectivity index (χ4v) is 2.43. The second-order valence-electron chi connectivity index (χ2n) is 5.02. The predicted molar refractivity (Wildman–Crippen MR) is 84.6 cm³/mol. The van der Waals surface area contributed by atoms with Gasteiger partial charge in [0.25, 0.3) is 5.91 Å². The van der Waals surface area contributed by atoms with Gasteiger partial charge in [-0.2, -0.15) is 0 Å². The first-order valence-corrected chi connectivity index (χ1v) is 8.55. The number of benzene rings is 1. The maximum atomic E-state index is 13.0. The molecule has 2 atom stereocenters. The van der Waals surface area contributed by atoms with Crippen molar-refractivity contribution in [3.8, 4) is 11.1 Å². The quantitative estimate of drug-likeness (QED) is 0.889. The van der Waals surface area contributed by atoms with Crippen molar-refractivity contribution in [2.45, 2.75) is 18.6 Å². The third-order valence-corrected chi connectivity index (χ3v) is 4.80. The maximum absolute atomic E-state index is 13.0. The zero-order valence-electron chi connectivity index (χ0n) is 12.5. The van der Waals surface area contributed by atoms with Gasteiger partial charge in [0.05, 0.1) is 6.26 Å². The monoisotopic (exact) mass is 323 g/mol. The van der Waals surface area contributed by atoms with Gasteiger partial charge in [-0.25, -0.2) is 4.39 Å². The van der Waals surface area contributed by atoms with Gasteiger partial charge in [-0.05, 0) is 30.2 Å². The molecule has 2 rings (SSSR count). The van der Waals surface area contributed by atoms with Gasteiger partial charge in [0, 0.05) is 34.4 Å². The van der Waals surface area contributed by atoms with Crippen LogP contribution in [0, 0.1) is 5.82 Å². The van der Waals surface area contributed by atoms with Crippen LogP contribution in [0.1, 0.15) is 23.9 Å². The van der Waals surface area contributed by atoms with Crippen molar-refractivity contribution < 1.29 is 17.8 Å². The van der Waals surface area contributed by atoms with E-state index in [1.807, 2.05) is 6.92 Å². The van der Waals surface area contributed by atoms with E-state index in [4.69, 9.17) is 4.42 Å². The molecule has 0 fully saturated rings. The van der Waals surface area contributed by atoms with Crippen molar-refractivity contribution in [2.75, 3.05) is 12.8 Å². The molecule has 1 N–H and O–H groups in total. The molecule has 118 valence electrons. The van der Waals surface area contributed by atoms with Gasteiger partial charge in [-0.3, -0.25) is 9.00 Å². The summed E-state index contributed by atoms with van der Waals surface area (Å²) in [5.74, 6) is -0.477. The summed E-state index contributed by atoms with van der Waals surface area (Å²) < 4.78 is 29.5. The number of hydrogen-bond acceptors (Lipinski definition) is 3. The molecular formula is C16H18FNO3S. The van der Waals surface area contributed by atoms with Gasteiger partial charge in [-0.1, -0.05) is 19.1 Å². The summed E-state index contributed by atoms with van der Waals surface area (Å²) in [7, 11) is -0.908. The minimum absolute atomic E-state index is 0.0217. The number of carbonyl (C=O) groups excluding carboxylic acids is 1. The average molecular weight is 323 g/mol. The first-order valence-electron chi connectivity index (χ1n) is 6.93. The Balaban J connectivity index is 2.04. The van der Waals surface area contributed by atoms with E-state index in [1.165, 1.54) is 18.4 Å². The number of hydrogen-bond donors (Lipinski definition) is 1. The highest BCUT2D eigenvalue weighted by Crippen LogP contribution is 2.25. The number of halogens is 1. The van der Waals surface area contributed by atoms with Crippen LogP contribution in [0.2, 0.25) is 0 Å². The molecule has 0 bridgehead atoms. The second kappa shape index (κ2) is 7.35. The largest absolute Gasteiger partial charge is 0.459 e.